The zero-order valence-corrected chi connectivity index (χ0v) is 9.55. The Balaban J connectivity index is 2.87. The van der Waals surface area contributed by atoms with Crippen molar-refractivity contribution in [2.75, 3.05) is 0 Å². The Hall–Kier alpha value is -0.760. The maximum Gasteiger partial charge on any atom is 0.317 e. The van der Waals surface area contributed by atoms with Crippen LogP contribution in [0.25, 0.3) is 0 Å². The molecule has 15 heavy (non-hydrogen) atoms. The molecule has 1 atom stereocenters. The van der Waals surface area contributed by atoms with Crippen molar-refractivity contribution in [3.8, 4) is 0 Å². The topological polar surface area (TPSA) is 80.7 Å². The fourth-order valence-corrected chi connectivity index (χ4v) is 2.68. The SMILES string of the molecule is Cc1ccccc1CS(=O)(=O)OS(=O)O. The molecule has 1 aromatic rings. The summed E-state index contributed by atoms with van der Waals surface area (Å²) in [5.74, 6) is -0.411. The number of hydrogen-bond donors (Lipinski definition) is 1. The van der Waals surface area contributed by atoms with E-state index in [2.05, 4.69) is 3.63 Å². The highest BCUT2D eigenvalue weighted by molar-refractivity contribution is 7.94. The third-order valence-corrected chi connectivity index (χ3v) is 3.71. The molecule has 1 aromatic carbocycles. The molecule has 1 rings (SSSR count). The number of hydrogen-bond acceptors (Lipinski definition) is 4. The predicted octanol–water partition coefficient (Wildman–Crippen LogP) is 0.978. The zero-order valence-electron chi connectivity index (χ0n) is 7.91. The van der Waals surface area contributed by atoms with Gasteiger partial charge in [0.25, 0.3) is 10.1 Å². The van der Waals surface area contributed by atoms with E-state index >= 15 is 0 Å². The minimum absolute atomic E-state index is 0.411. The van der Waals surface area contributed by atoms with Gasteiger partial charge in [0, 0.05) is 0 Å². The van der Waals surface area contributed by atoms with Gasteiger partial charge in [0.1, 0.15) is 5.75 Å². The Morgan fingerprint density at radius 3 is 2.53 bits per heavy atom. The molecule has 0 spiro atoms. The van der Waals surface area contributed by atoms with Gasteiger partial charge in [-0.05, 0) is 18.1 Å². The lowest BCUT2D eigenvalue weighted by Crippen LogP contribution is -2.11. The molecule has 0 radical (unpaired) electrons. The van der Waals surface area contributed by atoms with Crippen molar-refractivity contribution in [2.24, 2.45) is 0 Å². The van der Waals surface area contributed by atoms with Gasteiger partial charge in [-0.25, -0.2) is 0 Å². The average molecular weight is 250 g/mol. The summed E-state index contributed by atoms with van der Waals surface area (Å²) in [5, 5.41) is 0. The molecule has 0 aromatic heterocycles. The van der Waals surface area contributed by atoms with Crippen LogP contribution >= 0.6 is 0 Å². The molecular weight excluding hydrogens is 240 g/mol. The van der Waals surface area contributed by atoms with Crippen LogP contribution in [0.4, 0.5) is 0 Å². The lowest BCUT2D eigenvalue weighted by molar-refractivity contribution is 0.442. The lowest BCUT2D eigenvalue weighted by atomic mass is 10.1. The molecule has 0 heterocycles. The first-order valence-electron chi connectivity index (χ1n) is 3.99. The van der Waals surface area contributed by atoms with Crippen molar-refractivity contribution in [1.82, 2.24) is 0 Å². The third kappa shape index (κ3) is 4.08. The van der Waals surface area contributed by atoms with Crippen LogP contribution in [0.1, 0.15) is 11.1 Å². The van der Waals surface area contributed by atoms with E-state index in [1.807, 2.05) is 0 Å². The number of aryl methyl sites for hydroxylation is 1. The van der Waals surface area contributed by atoms with E-state index in [0.29, 0.717) is 5.56 Å². The van der Waals surface area contributed by atoms with Crippen LogP contribution < -0.4 is 0 Å². The molecule has 84 valence electrons. The van der Waals surface area contributed by atoms with Gasteiger partial charge in [0.05, 0.1) is 0 Å². The molecule has 5 nitrogen and oxygen atoms in total. The smallest absolute Gasteiger partial charge is 0.283 e. The standard InChI is InChI=1S/C8H10O5S2/c1-7-4-2-3-5-8(7)6-15(11,12)13-14(9)10/h2-5H,6H2,1H3,(H,9,10). The fraction of sp³-hybridized carbons (Fsp3) is 0.250. The molecule has 1 N–H and O–H groups in total. The summed E-state index contributed by atoms with van der Waals surface area (Å²) in [7, 11) is -4.01. The molecule has 0 aliphatic heterocycles. The second-order valence-corrected chi connectivity index (χ2v) is 5.30. The van der Waals surface area contributed by atoms with Gasteiger partial charge in [-0.3, -0.25) is 4.55 Å². The van der Waals surface area contributed by atoms with Crippen LogP contribution in [0.2, 0.25) is 0 Å². The van der Waals surface area contributed by atoms with Gasteiger partial charge in [-0.2, -0.15) is 12.6 Å². The molecule has 0 bridgehead atoms. The molecule has 0 saturated heterocycles. The highest BCUT2D eigenvalue weighted by Gasteiger charge is 2.16. The molecule has 7 heteroatoms. The second-order valence-electron chi connectivity index (χ2n) is 2.91. The summed E-state index contributed by atoms with van der Waals surface area (Å²) in [6.45, 7) is 1.75. The number of rotatable bonds is 4. The summed E-state index contributed by atoms with van der Waals surface area (Å²) in [5.41, 5.74) is 1.33. The summed E-state index contributed by atoms with van der Waals surface area (Å²) in [6.07, 6.45) is 0. The van der Waals surface area contributed by atoms with Crippen LogP contribution in [0.15, 0.2) is 24.3 Å². The van der Waals surface area contributed by atoms with Gasteiger partial charge >= 0.3 is 11.4 Å². The molecule has 1 unspecified atom stereocenters. The van der Waals surface area contributed by atoms with Crippen molar-refractivity contribution in [3.05, 3.63) is 35.4 Å². The summed E-state index contributed by atoms with van der Waals surface area (Å²) >= 11 is -2.80. The minimum atomic E-state index is -4.01. The van der Waals surface area contributed by atoms with Gasteiger partial charge in [0.15, 0.2) is 0 Å². The average Bonchev–Trinajstić information content (AvgIpc) is 2.06. The normalized spacial score (nSPS) is 13.7. The Labute approximate surface area is 90.7 Å². The minimum Gasteiger partial charge on any atom is -0.283 e. The van der Waals surface area contributed by atoms with Crippen molar-refractivity contribution >= 4 is 21.5 Å². The van der Waals surface area contributed by atoms with Crippen molar-refractivity contribution in [3.63, 3.8) is 0 Å². The fourth-order valence-electron chi connectivity index (χ4n) is 1.08. The Kier molecular flexibility index (Phi) is 3.97. The highest BCUT2D eigenvalue weighted by atomic mass is 32.3. The van der Waals surface area contributed by atoms with E-state index in [4.69, 9.17) is 4.55 Å². The molecule has 0 saturated carbocycles. The van der Waals surface area contributed by atoms with Crippen molar-refractivity contribution in [1.29, 1.82) is 0 Å². The summed E-state index contributed by atoms with van der Waals surface area (Å²) in [6, 6.07) is 6.83. The van der Waals surface area contributed by atoms with Crippen LogP contribution in [0.3, 0.4) is 0 Å². The van der Waals surface area contributed by atoms with Crippen LogP contribution in [0, 0.1) is 6.92 Å². The zero-order chi connectivity index (χ0) is 11.5. The predicted molar refractivity (Wildman–Crippen MR) is 55.7 cm³/mol. The largest absolute Gasteiger partial charge is 0.317 e. The summed E-state index contributed by atoms with van der Waals surface area (Å²) in [4.78, 5) is 0. The van der Waals surface area contributed by atoms with Crippen LogP contribution in [-0.2, 0) is 30.9 Å². The van der Waals surface area contributed by atoms with E-state index < -0.39 is 27.2 Å². The molecule has 0 aliphatic carbocycles. The maximum atomic E-state index is 11.2. The van der Waals surface area contributed by atoms with Crippen molar-refractivity contribution < 1.29 is 20.8 Å². The highest BCUT2D eigenvalue weighted by Crippen LogP contribution is 2.12. The third-order valence-electron chi connectivity index (χ3n) is 1.76. The van der Waals surface area contributed by atoms with Gasteiger partial charge in [-0.1, -0.05) is 24.3 Å². The second kappa shape index (κ2) is 4.84. The van der Waals surface area contributed by atoms with E-state index in [-0.39, 0.29) is 0 Å². The first kappa shape index (κ1) is 12.3. The summed E-state index contributed by atoms with van der Waals surface area (Å²) < 4.78 is 44.8. The first-order chi connectivity index (χ1) is 6.91. The Bertz CT molecular complexity index is 466. The van der Waals surface area contributed by atoms with Crippen LogP contribution in [0.5, 0.6) is 0 Å². The van der Waals surface area contributed by atoms with E-state index in [1.165, 1.54) is 0 Å². The quantitative estimate of drug-likeness (QED) is 0.805. The molecule has 0 aliphatic rings. The monoisotopic (exact) mass is 250 g/mol. The maximum absolute atomic E-state index is 11.2. The number of benzene rings is 1. The Morgan fingerprint density at radius 1 is 1.40 bits per heavy atom. The molecular formula is C8H10O5S2. The van der Waals surface area contributed by atoms with Crippen molar-refractivity contribution in [2.45, 2.75) is 12.7 Å². The first-order valence-corrected chi connectivity index (χ1v) is 6.59. The van der Waals surface area contributed by atoms with E-state index in [9.17, 15) is 12.6 Å². The van der Waals surface area contributed by atoms with E-state index in [1.54, 1.807) is 31.2 Å². The molecule has 0 fully saturated rings. The van der Waals surface area contributed by atoms with E-state index in [0.717, 1.165) is 5.56 Å². The van der Waals surface area contributed by atoms with Gasteiger partial charge in [-0.15, -0.1) is 3.63 Å². The van der Waals surface area contributed by atoms with Gasteiger partial charge < -0.3 is 0 Å². The Morgan fingerprint density at radius 2 is 2.00 bits per heavy atom. The lowest BCUT2D eigenvalue weighted by Gasteiger charge is -2.04. The van der Waals surface area contributed by atoms with Gasteiger partial charge in [0.2, 0.25) is 0 Å². The van der Waals surface area contributed by atoms with Crippen LogP contribution in [-0.4, -0.2) is 17.2 Å². The molecule has 0 amide bonds.